The predicted molar refractivity (Wildman–Crippen MR) is 407 cm³/mol. The van der Waals surface area contributed by atoms with Crippen molar-refractivity contribution in [1.82, 2.24) is 5.32 Å². The van der Waals surface area contributed by atoms with Crippen LogP contribution in [-0.2, 0) is 23.8 Å². The number of hydrogen-bond acceptors (Lipinski definition) is 10. The summed E-state index contributed by atoms with van der Waals surface area (Å²) in [6.07, 6.45) is 89.7. The molecule has 11 nitrogen and oxygen atoms in total. The highest BCUT2D eigenvalue weighted by Gasteiger charge is 2.44. The van der Waals surface area contributed by atoms with Crippen LogP contribution in [0.25, 0.3) is 0 Å². The molecule has 1 amide bonds. The van der Waals surface area contributed by atoms with Crippen LogP contribution in [0.15, 0.2) is 60.8 Å². The number of aliphatic hydroxyl groups is 5. The van der Waals surface area contributed by atoms with Gasteiger partial charge in [0.05, 0.1) is 32.0 Å². The Morgan fingerprint density at radius 3 is 1.07 bits per heavy atom. The van der Waals surface area contributed by atoms with Crippen molar-refractivity contribution in [1.29, 1.82) is 0 Å². The smallest absolute Gasteiger partial charge is 0.305 e. The number of allylic oxidation sites excluding steroid dienone is 9. The highest BCUT2D eigenvalue weighted by Crippen LogP contribution is 2.24. The molecule has 7 atom stereocenters. The van der Waals surface area contributed by atoms with Crippen LogP contribution in [0.5, 0.6) is 0 Å². The first kappa shape index (κ1) is 91.4. The lowest BCUT2D eigenvalue weighted by Crippen LogP contribution is -2.60. The molecule has 562 valence electrons. The SMILES string of the molecule is CCCCC/C=C\C/C=C\CCCCCCCC(=O)OCCCCCCCCCCCCCCCCC/C=C\C/C=C\CCCCCCCCCCCCCCCCCCCC(=O)NC(COC1OC(CO)C(O)C(O)C1O)C(O)/C=C/CCCCCCCCCCCCCC. The van der Waals surface area contributed by atoms with Crippen LogP contribution < -0.4 is 5.32 Å². The van der Waals surface area contributed by atoms with E-state index in [-0.39, 0.29) is 18.5 Å². The summed E-state index contributed by atoms with van der Waals surface area (Å²) in [5.74, 6) is -0.175. The third kappa shape index (κ3) is 61.2. The van der Waals surface area contributed by atoms with Crippen molar-refractivity contribution in [2.45, 2.75) is 448 Å². The Bertz CT molecular complexity index is 1780. The van der Waals surface area contributed by atoms with Crippen LogP contribution in [-0.4, -0.2) is 100 Å². The number of esters is 1. The molecular formula is C85H157NO10. The van der Waals surface area contributed by atoms with Crippen LogP contribution >= 0.6 is 0 Å². The average Bonchev–Trinajstić information content (AvgIpc) is 1.06. The molecule has 0 aromatic carbocycles. The van der Waals surface area contributed by atoms with E-state index in [1.165, 1.54) is 308 Å². The molecule has 1 rings (SSSR count). The van der Waals surface area contributed by atoms with Gasteiger partial charge in [-0.3, -0.25) is 9.59 Å². The second-order valence-corrected chi connectivity index (χ2v) is 28.8. The zero-order valence-electron chi connectivity index (χ0n) is 62.8. The maximum Gasteiger partial charge on any atom is 0.305 e. The van der Waals surface area contributed by atoms with E-state index in [1.807, 2.05) is 6.08 Å². The number of unbranched alkanes of at least 4 members (excludes halogenated alkanes) is 52. The molecule has 1 aliphatic heterocycles. The van der Waals surface area contributed by atoms with E-state index in [0.717, 1.165) is 70.6 Å². The van der Waals surface area contributed by atoms with Crippen LogP contribution in [0.3, 0.4) is 0 Å². The first-order valence-electron chi connectivity index (χ1n) is 41.6. The van der Waals surface area contributed by atoms with Crippen molar-refractivity contribution in [2.24, 2.45) is 0 Å². The predicted octanol–water partition coefficient (Wildman–Crippen LogP) is 22.8. The van der Waals surface area contributed by atoms with Crippen LogP contribution in [0.4, 0.5) is 0 Å². The minimum Gasteiger partial charge on any atom is -0.466 e. The molecule has 0 aliphatic carbocycles. The third-order valence-electron chi connectivity index (χ3n) is 19.6. The minimum absolute atomic E-state index is 0.000750. The van der Waals surface area contributed by atoms with Gasteiger partial charge < -0.3 is 45.1 Å². The van der Waals surface area contributed by atoms with Gasteiger partial charge in [-0.05, 0) is 96.3 Å². The highest BCUT2D eigenvalue weighted by molar-refractivity contribution is 5.76. The van der Waals surface area contributed by atoms with Crippen molar-refractivity contribution < 1.29 is 49.3 Å². The molecular weight excluding hydrogens is 1190 g/mol. The van der Waals surface area contributed by atoms with Gasteiger partial charge in [0.25, 0.3) is 0 Å². The molecule has 0 saturated carbocycles. The molecule has 1 saturated heterocycles. The zero-order chi connectivity index (χ0) is 69.4. The lowest BCUT2D eigenvalue weighted by atomic mass is 9.99. The standard InChI is InChI=1S/C85H157NO10/c1-3-5-7-9-11-13-15-17-44-49-53-57-61-65-69-73-81(90)94-74-70-66-62-58-54-50-46-43-41-39-37-35-33-31-29-27-25-23-21-19-20-22-24-26-28-30-32-34-36-38-40-42-45-48-52-56-60-64-68-72-80(89)86-77(76-95-85-84(93)83(92)82(91)79(75-87)96-85)78(88)71-67-63-59-55-51-47-18-16-14-12-10-8-6-4-2/h11,13,17,19-20,23,25,44,67,71,77-79,82-85,87-88,91-93H,3-10,12,14-16,18,21-22,24,26-43,45-66,68-70,72-76H2,1-2H3,(H,86,89)/b13-11-,20-19-,25-23-,44-17-,71-67+. The normalized spacial score (nSPS) is 17.6. The van der Waals surface area contributed by atoms with Crippen molar-refractivity contribution in [3.63, 3.8) is 0 Å². The molecule has 1 aliphatic rings. The van der Waals surface area contributed by atoms with E-state index in [0.29, 0.717) is 19.4 Å². The average molecular weight is 1350 g/mol. The molecule has 1 heterocycles. The number of ether oxygens (including phenoxy) is 3. The number of amides is 1. The van der Waals surface area contributed by atoms with E-state index in [9.17, 15) is 35.1 Å². The van der Waals surface area contributed by atoms with Gasteiger partial charge in [0.15, 0.2) is 6.29 Å². The van der Waals surface area contributed by atoms with Crippen molar-refractivity contribution in [2.75, 3.05) is 19.8 Å². The summed E-state index contributed by atoms with van der Waals surface area (Å²) < 4.78 is 16.8. The number of rotatable bonds is 74. The van der Waals surface area contributed by atoms with Crippen LogP contribution in [0.2, 0.25) is 0 Å². The van der Waals surface area contributed by atoms with Gasteiger partial charge in [-0.2, -0.15) is 0 Å². The maximum absolute atomic E-state index is 13.1. The van der Waals surface area contributed by atoms with E-state index < -0.39 is 49.5 Å². The van der Waals surface area contributed by atoms with Crippen molar-refractivity contribution in [3.05, 3.63) is 60.8 Å². The lowest BCUT2D eigenvalue weighted by molar-refractivity contribution is -0.302. The summed E-state index contributed by atoms with van der Waals surface area (Å²) in [5.41, 5.74) is 0. The van der Waals surface area contributed by atoms with E-state index in [1.54, 1.807) is 6.08 Å². The Hall–Kier alpha value is -2.64. The molecule has 0 bridgehead atoms. The summed E-state index contributed by atoms with van der Waals surface area (Å²) >= 11 is 0. The van der Waals surface area contributed by atoms with Crippen molar-refractivity contribution in [3.8, 4) is 0 Å². The summed E-state index contributed by atoms with van der Waals surface area (Å²) in [6.45, 7) is 4.36. The lowest BCUT2D eigenvalue weighted by Gasteiger charge is -2.40. The van der Waals surface area contributed by atoms with E-state index in [2.05, 4.69) is 67.8 Å². The van der Waals surface area contributed by atoms with Crippen LogP contribution in [0, 0.1) is 0 Å². The number of carbonyl (C=O) groups excluding carboxylic acids is 2. The molecule has 6 N–H and O–H groups in total. The Kier molecular flexibility index (Phi) is 70.0. The van der Waals surface area contributed by atoms with Gasteiger partial charge in [0, 0.05) is 12.8 Å². The van der Waals surface area contributed by atoms with E-state index in [4.69, 9.17) is 14.2 Å². The number of hydrogen-bond donors (Lipinski definition) is 6. The summed E-state index contributed by atoms with van der Waals surface area (Å²) in [5, 5.41) is 54.6. The summed E-state index contributed by atoms with van der Waals surface area (Å²) in [7, 11) is 0. The molecule has 0 radical (unpaired) electrons. The highest BCUT2D eigenvalue weighted by atomic mass is 16.7. The van der Waals surface area contributed by atoms with Crippen molar-refractivity contribution >= 4 is 11.9 Å². The summed E-state index contributed by atoms with van der Waals surface area (Å²) in [4.78, 5) is 25.2. The minimum atomic E-state index is -1.57. The fourth-order valence-corrected chi connectivity index (χ4v) is 13.1. The Labute approximate surface area is 592 Å². The first-order chi connectivity index (χ1) is 47.2. The molecule has 0 aromatic rings. The number of nitrogens with one attached hydrogen (secondary N) is 1. The number of carbonyl (C=O) groups is 2. The molecule has 7 unspecified atom stereocenters. The van der Waals surface area contributed by atoms with Gasteiger partial charge in [0.2, 0.25) is 5.91 Å². The fraction of sp³-hybridized carbons (Fsp3) is 0.859. The molecule has 0 spiro atoms. The summed E-state index contributed by atoms with van der Waals surface area (Å²) in [6, 6.07) is -0.809. The zero-order valence-corrected chi connectivity index (χ0v) is 62.8. The van der Waals surface area contributed by atoms with Gasteiger partial charge in [-0.15, -0.1) is 0 Å². The molecule has 11 heteroatoms. The first-order valence-corrected chi connectivity index (χ1v) is 41.6. The second kappa shape index (κ2) is 73.6. The fourth-order valence-electron chi connectivity index (χ4n) is 13.1. The largest absolute Gasteiger partial charge is 0.466 e. The monoisotopic (exact) mass is 1350 g/mol. The molecule has 96 heavy (non-hydrogen) atoms. The van der Waals surface area contributed by atoms with Gasteiger partial charge >= 0.3 is 5.97 Å². The number of aliphatic hydroxyl groups excluding tert-OH is 5. The molecule has 0 aromatic heterocycles. The molecule has 1 fully saturated rings. The third-order valence-corrected chi connectivity index (χ3v) is 19.6. The second-order valence-electron chi connectivity index (χ2n) is 28.8. The van der Waals surface area contributed by atoms with Gasteiger partial charge in [-0.1, -0.05) is 357 Å². The Morgan fingerprint density at radius 2 is 0.698 bits per heavy atom. The topological polar surface area (TPSA) is 175 Å². The van der Waals surface area contributed by atoms with E-state index >= 15 is 0 Å². The van der Waals surface area contributed by atoms with Crippen LogP contribution in [0.1, 0.15) is 406 Å². The van der Waals surface area contributed by atoms with Gasteiger partial charge in [-0.25, -0.2) is 0 Å². The quantitative estimate of drug-likeness (QED) is 0.0195. The Balaban J connectivity index is 1.91. The van der Waals surface area contributed by atoms with Gasteiger partial charge in [0.1, 0.15) is 24.4 Å². The Morgan fingerprint density at radius 1 is 0.385 bits per heavy atom. The maximum atomic E-state index is 13.1.